The van der Waals surface area contributed by atoms with Crippen LogP contribution in [-0.4, -0.2) is 76.2 Å². The number of ketones is 1. The van der Waals surface area contributed by atoms with Crippen molar-refractivity contribution in [2.45, 2.75) is 32.5 Å². The van der Waals surface area contributed by atoms with Gasteiger partial charge in [0.15, 0.2) is 0 Å². The summed E-state index contributed by atoms with van der Waals surface area (Å²) in [6, 6.07) is 7.47. The fourth-order valence-electron chi connectivity index (χ4n) is 4.39. The number of fused-ring (bicyclic) bond motifs is 1. The minimum absolute atomic E-state index is 0.0223. The molecule has 3 heterocycles. The molecule has 1 fully saturated rings. The molecule has 1 aliphatic heterocycles. The molecule has 1 saturated heterocycles. The monoisotopic (exact) mass is 501 g/mol. The summed E-state index contributed by atoms with van der Waals surface area (Å²) in [6.45, 7) is 6.29. The van der Waals surface area contributed by atoms with Crippen molar-refractivity contribution in [1.29, 1.82) is 0 Å². The normalized spacial score (nSPS) is 18.9. The van der Waals surface area contributed by atoms with Crippen LogP contribution in [0, 0.1) is 0 Å². The van der Waals surface area contributed by atoms with Crippen LogP contribution in [0.5, 0.6) is 0 Å². The number of benzene rings is 1. The molecule has 0 unspecified atom stereocenters. The highest BCUT2D eigenvalue weighted by Gasteiger charge is 2.34. The van der Waals surface area contributed by atoms with Crippen molar-refractivity contribution < 1.29 is 14.4 Å². The zero-order valence-corrected chi connectivity index (χ0v) is 21.2. The van der Waals surface area contributed by atoms with Crippen molar-refractivity contribution in [3.8, 4) is 0 Å². The van der Waals surface area contributed by atoms with E-state index in [4.69, 9.17) is 17.4 Å². The standard InChI is InChI=1S/C24H28ClN5O3S/c1-14-11-29(15(2)10-28(14)12-16-6-5-7-34-16)23(32)18-8-17-19(22(31)24(33)27(3)4)13-30(26)21(17)9-20(18)25/h5-9,13-15H,10-12,26H2,1-4H3/t14-,15+/m0/s1. The smallest absolute Gasteiger partial charge is 0.294 e. The number of carbonyl (C=O) groups is 3. The van der Waals surface area contributed by atoms with Gasteiger partial charge in [-0.1, -0.05) is 17.7 Å². The number of carbonyl (C=O) groups excluding carboxylic acids is 3. The molecule has 2 N–H and O–H groups in total. The number of nitrogens with zero attached hydrogens (tertiary/aromatic N) is 4. The SMILES string of the molecule is C[C@@H]1CN(Cc2cccs2)[C@@H](C)CN1C(=O)c1cc2c(C(=O)C(=O)N(C)C)cn(N)c2cc1Cl. The van der Waals surface area contributed by atoms with Gasteiger partial charge in [-0.15, -0.1) is 11.3 Å². The summed E-state index contributed by atoms with van der Waals surface area (Å²) in [6.07, 6.45) is 1.40. The summed E-state index contributed by atoms with van der Waals surface area (Å²) in [5, 5.41) is 2.75. The molecule has 4 rings (SSSR count). The first-order chi connectivity index (χ1) is 16.1. The molecule has 0 radical (unpaired) electrons. The maximum absolute atomic E-state index is 13.6. The van der Waals surface area contributed by atoms with Gasteiger partial charge in [-0.05, 0) is 37.4 Å². The van der Waals surface area contributed by atoms with Gasteiger partial charge in [-0.3, -0.25) is 24.0 Å². The number of Topliss-reactive ketones (excluding diaryl/α,β-unsaturated/α-hetero) is 1. The van der Waals surface area contributed by atoms with Crippen LogP contribution in [0.1, 0.15) is 39.4 Å². The maximum atomic E-state index is 13.6. The molecule has 2 aromatic heterocycles. The number of nitrogens with two attached hydrogens (primary N) is 1. The van der Waals surface area contributed by atoms with Crippen molar-refractivity contribution in [3.05, 3.63) is 56.9 Å². The Balaban J connectivity index is 1.63. The number of piperazine rings is 1. The first kappa shape index (κ1) is 24.3. The van der Waals surface area contributed by atoms with Crippen molar-refractivity contribution in [1.82, 2.24) is 19.4 Å². The molecule has 1 aromatic carbocycles. The number of likely N-dealkylation sites (N-methyl/N-ethyl adjacent to an activating group) is 1. The average molecular weight is 502 g/mol. The van der Waals surface area contributed by atoms with Gasteiger partial charge in [0.25, 0.3) is 17.6 Å². The minimum atomic E-state index is -0.691. The predicted molar refractivity (Wildman–Crippen MR) is 135 cm³/mol. The van der Waals surface area contributed by atoms with Crippen LogP contribution in [0.25, 0.3) is 10.9 Å². The van der Waals surface area contributed by atoms with Crippen LogP contribution in [0.3, 0.4) is 0 Å². The van der Waals surface area contributed by atoms with Gasteiger partial charge in [0, 0.05) is 62.3 Å². The lowest BCUT2D eigenvalue weighted by Crippen LogP contribution is -2.57. The molecule has 3 aromatic rings. The van der Waals surface area contributed by atoms with Gasteiger partial charge >= 0.3 is 0 Å². The molecular weight excluding hydrogens is 474 g/mol. The van der Waals surface area contributed by atoms with Crippen LogP contribution in [-0.2, 0) is 11.3 Å². The lowest BCUT2D eigenvalue weighted by atomic mass is 10.0. The van der Waals surface area contributed by atoms with Gasteiger partial charge in [0.2, 0.25) is 0 Å². The summed E-state index contributed by atoms with van der Waals surface area (Å²) in [5.74, 6) is 4.46. The van der Waals surface area contributed by atoms with E-state index >= 15 is 0 Å². The molecular formula is C24H28ClN5O3S. The molecule has 10 heteroatoms. The first-order valence-electron chi connectivity index (χ1n) is 11.0. The van der Waals surface area contributed by atoms with Crippen molar-refractivity contribution >= 4 is 51.4 Å². The van der Waals surface area contributed by atoms with Crippen LogP contribution < -0.4 is 5.84 Å². The highest BCUT2D eigenvalue weighted by molar-refractivity contribution is 7.09. The second-order valence-corrected chi connectivity index (χ2v) is 10.4. The number of amides is 2. The van der Waals surface area contributed by atoms with E-state index in [1.54, 1.807) is 23.5 Å². The van der Waals surface area contributed by atoms with Crippen LogP contribution in [0.4, 0.5) is 0 Å². The van der Waals surface area contributed by atoms with Crippen LogP contribution in [0.15, 0.2) is 35.8 Å². The van der Waals surface area contributed by atoms with Crippen molar-refractivity contribution in [2.24, 2.45) is 0 Å². The Labute approximate surface area is 207 Å². The molecule has 0 bridgehead atoms. The molecule has 0 saturated carbocycles. The van der Waals surface area contributed by atoms with E-state index in [-0.39, 0.29) is 34.1 Å². The van der Waals surface area contributed by atoms with Crippen LogP contribution >= 0.6 is 22.9 Å². The summed E-state index contributed by atoms with van der Waals surface area (Å²) in [5.41, 5.74) is 0.903. The Morgan fingerprint density at radius 1 is 1.15 bits per heavy atom. The zero-order chi connectivity index (χ0) is 24.7. The second kappa shape index (κ2) is 9.40. The van der Waals surface area contributed by atoms with Gasteiger partial charge in [0.1, 0.15) is 0 Å². The van der Waals surface area contributed by atoms with E-state index in [1.165, 1.54) is 34.7 Å². The van der Waals surface area contributed by atoms with E-state index in [0.29, 0.717) is 17.4 Å². The van der Waals surface area contributed by atoms with E-state index in [1.807, 2.05) is 17.9 Å². The fourth-order valence-corrected chi connectivity index (χ4v) is 5.36. The largest absolute Gasteiger partial charge is 0.342 e. The molecule has 180 valence electrons. The lowest BCUT2D eigenvalue weighted by molar-refractivity contribution is -0.124. The Hall–Kier alpha value is -2.88. The van der Waals surface area contributed by atoms with Crippen molar-refractivity contribution in [2.75, 3.05) is 33.0 Å². The summed E-state index contributed by atoms with van der Waals surface area (Å²) < 4.78 is 1.25. The van der Waals surface area contributed by atoms with Gasteiger partial charge in [0.05, 0.1) is 21.7 Å². The fraction of sp³-hybridized carbons (Fsp3) is 0.375. The number of hydrogen-bond donors (Lipinski definition) is 1. The topological polar surface area (TPSA) is 91.9 Å². The van der Waals surface area contributed by atoms with E-state index < -0.39 is 11.7 Å². The van der Waals surface area contributed by atoms with Crippen LogP contribution in [0.2, 0.25) is 5.02 Å². The average Bonchev–Trinajstić information content (AvgIpc) is 3.41. The summed E-state index contributed by atoms with van der Waals surface area (Å²) in [4.78, 5) is 45.3. The summed E-state index contributed by atoms with van der Waals surface area (Å²) >= 11 is 8.24. The van der Waals surface area contributed by atoms with E-state index in [0.717, 1.165) is 13.1 Å². The maximum Gasteiger partial charge on any atom is 0.294 e. The third-order valence-electron chi connectivity index (χ3n) is 6.31. The second-order valence-electron chi connectivity index (χ2n) is 8.99. The lowest BCUT2D eigenvalue weighted by Gasteiger charge is -2.44. The Kier molecular flexibility index (Phi) is 6.71. The predicted octanol–water partition coefficient (Wildman–Crippen LogP) is 3.08. The summed E-state index contributed by atoms with van der Waals surface area (Å²) in [7, 11) is 3.02. The number of nitrogen functional groups attached to an aromatic ring is 1. The number of thiophene rings is 1. The molecule has 8 nitrogen and oxygen atoms in total. The van der Waals surface area contributed by atoms with Gasteiger partial charge in [-0.25, -0.2) is 0 Å². The van der Waals surface area contributed by atoms with Crippen molar-refractivity contribution in [3.63, 3.8) is 0 Å². The van der Waals surface area contributed by atoms with E-state index in [9.17, 15) is 14.4 Å². The molecule has 0 spiro atoms. The third-order valence-corrected chi connectivity index (χ3v) is 7.49. The Morgan fingerprint density at radius 3 is 2.53 bits per heavy atom. The number of hydrogen-bond acceptors (Lipinski definition) is 6. The number of rotatable bonds is 5. The Bertz CT molecular complexity index is 1250. The Morgan fingerprint density at radius 2 is 1.88 bits per heavy atom. The zero-order valence-electron chi connectivity index (χ0n) is 19.6. The minimum Gasteiger partial charge on any atom is -0.342 e. The first-order valence-corrected chi connectivity index (χ1v) is 12.3. The molecule has 0 aliphatic carbocycles. The number of halogens is 1. The number of aromatic nitrogens is 1. The highest BCUT2D eigenvalue weighted by atomic mass is 35.5. The molecule has 1 aliphatic rings. The molecule has 34 heavy (non-hydrogen) atoms. The molecule has 2 amide bonds. The third kappa shape index (κ3) is 4.43. The van der Waals surface area contributed by atoms with E-state index in [2.05, 4.69) is 23.3 Å². The highest BCUT2D eigenvalue weighted by Crippen LogP contribution is 2.30. The quantitative estimate of drug-likeness (QED) is 0.329. The van der Waals surface area contributed by atoms with Gasteiger partial charge < -0.3 is 15.6 Å². The van der Waals surface area contributed by atoms with Gasteiger partial charge in [-0.2, -0.15) is 0 Å². The molecule has 2 atom stereocenters.